The second kappa shape index (κ2) is 12.6. The van der Waals surface area contributed by atoms with Gasteiger partial charge in [-0.05, 0) is 37.3 Å². The van der Waals surface area contributed by atoms with Crippen LogP contribution in [0.4, 0.5) is 11.5 Å². The number of benzene rings is 1. The lowest BCUT2D eigenvalue weighted by molar-refractivity contribution is -0.118. The Morgan fingerprint density at radius 3 is 2.48 bits per heavy atom. The Morgan fingerprint density at radius 2 is 1.85 bits per heavy atom. The normalized spacial score (nSPS) is 10.9. The van der Waals surface area contributed by atoms with E-state index >= 15 is 0 Å². The van der Waals surface area contributed by atoms with Crippen LogP contribution in [0.3, 0.4) is 0 Å². The number of aromatic nitrogens is 2. The summed E-state index contributed by atoms with van der Waals surface area (Å²) in [4.78, 5) is 53.9. The Hall–Kier alpha value is -3.36. The Balaban J connectivity index is 2.15. The fourth-order valence-electron chi connectivity index (χ4n) is 3.39. The third-order valence-electron chi connectivity index (χ3n) is 5.34. The van der Waals surface area contributed by atoms with Crippen LogP contribution >= 0.6 is 0 Å². The summed E-state index contributed by atoms with van der Waals surface area (Å²) in [5.41, 5.74) is 5.55. The van der Waals surface area contributed by atoms with Gasteiger partial charge in [0.1, 0.15) is 5.82 Å². The van der Waals surface area contributed by atoms with Crippen molar-refractivity contribution < 1.29 is 9.59 Å². The van der Waals surface area contributed by atoms with E-state index in [1.807, 2.05) is 26.8 Å². The Morgan fingerprint density at radius 1 is 1.15 bits per heavy atom. The molecule has 2 aromatic rings. The number of rotatable bonds is 12. The van der Waals surface area contributed by atoms with Crippen LogP contribution in [0.5, 0.6) is 0 Å². The van der Waals surface area contributed by atoms with E-state index < -0.39 is 11.2 Å². The SMILES string of the molecule is CCCCn1c(N)c(N(CCC(C)C)C(=O)CCCNC(=O)c2ccccc2)c(=O)[nH]c1=O. The van der Waals surface area contributed by atoms with Gasteiger partial charge in [-0.1, -0.05) is 45.4 Å². The van der Waals surface area contributed by atoms with Crippen LogP contribution in [-0.2, 0) is 11.3 Å². The third kappa shape index (κ3) is 7.34. The maximum Gasteiger partial charge on any atom is 0.330 e. The minimum Gasteiger partial charge on any atom is -0.383 e. The minimum absolute atomic E-state index is 0.00619. The van der Waals surface area contributed by atoms with E-state index in [4.69, 9.17) is 5.73 Å². The molecule has 0 aliphatic rings. The average molecular weight is 458 g/mol. The van der Waals surface area contributed by atoms with Crippen LogP contribution in [0.1, 0.15) is 63.2 Å². The van der Waals surface area contributed by atoms with Crippen LogP contribution in [0, 0.1) is 5.92 Å². The molecule has 33 heavy (non-hydrogen) atoms. The zero-order chi connectivity index (χ0) is 24.4. The molecule has 0 atom stereocenters. The topological polar surface area (TPSA) is 130 Å². The molecule has 0 fully saturated rings. The third-order valence-corrected chi connectivity index (χ3v) is 5.34. The van der Waals surface area contributed by atoms with Gasteiger partial charge >= 0.3 is 5.69 Å². The highest BCUT2D eigenvalue weighted by molar-refractivity contribution is 5.96. The first-order chi connectivity index (χ1) is 15.8. The van der Waals surface area contributed by atoms with Crippen molar-refractivity contribution in [1.29, 1.82) is 0 Å². The Labute approximate surface area is 194 Å². The fourth-order valence-corrected chi connectivity index (χ4v) is 3.39. The van der Waals surface area contributed by atoms with Crippen molar-refractivity contribution in [2.45, 2.75) is 59.4 Å². The number of unbranched alkanes of at least 4 members (excludes halogenated alkanes) is 1. The summed E-state index contributed by atoms with van der Waals surface area (Å²) >= 11 is 0. The number of carbonyl (C=O) groups is 2. The van der Waals surface area contributed by atoms with Crippen molar-refractivity contribution in [3.05, 3.63) is 56.7 Å². The molecule has 0 saturated heterocycles. The lowest BCUT2D eigenvalue weighted by Crippen LogP contribution is -2.42. The molecule has 0 bridgehead atoms. The van der Waals surface area contributed by atoms with E-state index in [1.165, 1.54) is 9.47 Å². The maximum atomic E-state index is 13.1. The minimum atomic E-state index is -0.667. The van der Waals surface area contributed by atoms with Gasteiger partial charge in [-0.25, -0.2) is 4.79 Å². The summed E-state index contributed by atoms with van der Waals surface area (Å²) in [6, 6.07) is 8.84. The van der Waals surface area contributed by atoms with Gasteiger partial charge in [-0.3, -0.25) is 23.9 Å². The molecule has 0 aliphatic heterocycles. The number of nitrogens with zero attached hydrogens (tertiary/aromatic N) is 2. The molecule has 1 aromatic heterocycles. The van der Waals surface area contributed by atoms with Gasteiger partial charge in [0.15, 0.2) is 5.69 Å². The molecule has 0 unspecified atom stereocenters. The van der Waals surface area contributed by atoms with E-state index in [0.717, 1.165) is 12.8 Å². The summed E-state index contributed by atoms with van der Waals surface area (Å²) in [6.45, 7) is 7.03. The van der Waals surface area contributed by atoms with Gasteiger partial charge in [0, 0.05) is 31.6 Å². The van der Waals surface area contributed by atoms with E-state index in [0.29, 0.717) is 44.0 Å². The number of anilines is 2. The quantitative estimate of drug-likeness (QED) is 0.422. The van der Waals surface area contributed by atoms with Crippen molar-refractivity contribution in [3.8, 4) is 0 Å². The van der Waals surface area contributed by atoms with Crippen molar-refractivity contribution in [2.75, 3.05) is 23.7 Å². The standard InChI is InChI=1S/C24H35N5O4/c1-4-5-15-29-21(25)20(23(32)27-24(29)33)28(16-13-17(2)3)19(30)12-9-14-26-22(31)18-10-7-6-8-11-18/h6-8,10-11,17H,4-5,9,12-16,25H2,1-3H3,(H,26,31)(H,27,32,33). The number of carbonyl (C=O) groups excluding carboxylic acids is 2. The van der Waals surface area contributed by atoms with Crippen LogP contribution in [0.25, 0.3) is 0 Å². The average Bonchev–Trinajstić information content (AvgIpc) is 2.78. The molecule has 1 heterocycles. The van der Waals surface area contributed by atoms with E-state index in [1.54, 1.807) is 24.3 Å². The summed E-state index contributed by atoms with van der Waals surface area (Å²) in [5, 5.41) is 2.80. The predicted octanol–water partition coefficient (Wildman–Crippen LogP) is 2.51. The molecular weight excluding hydrogens is 422 g/mol. The largest absolute Gasteiger partial charge is 0.383 e. The van der Waals surface area contributed by atoms with Crippen molar-refractivity contribution in [3.63, 3.8) is 0 Å². The number of nitrogen functional groups attached to an aromatic ring is 1. The summed E-state index contributed by atoms with van der Waals surface area (Å²) in [6.07, 6.45) is 2.77. The lowest BCUT2D eigenvalue weighted by Gasteiger charge is -2.25. The van der Waals surface area contributed by atoms with Crippen molar-refractivity contribution in [1.82, 2.24) is 14.9 Å². The van der Waals surface area contributed by atoms with Gasteiger partial charge in [0.05, 0.1) is 0 Å². The molecule has 2 amide bonds. The number of nitrogens with one attached hydrogen (secondary N) is 2. The highest BCUT2D eigenvalue weighted by Gasteiger charge is 2.24. The lowest BCUT2D eigenvalue weighted by atomic mass is 10.1. The van der Waals surface area contributed by atoms with Gasteiger partial charge in [-0.2, -0.15) is 0 Å². The van der Waals surface area contributed by atoms with Crippen LogP contribution in [0.2, 0.25) is 0 Å². The first-order valence-corrected chi connectivity index (χ1v) is 11.5. The highest BCUT2D eigenvalue weighted by Crippen LogP contribution is 2.20. The second-order valence-electron chi connectivity index (χ2n) is 8.45. The Kier molecular flexibility index (Phi) is 9.90. The fraction of sp³-hybridized carbons (Fsp3) is 0.500. The summed E-state index contributed by atoms with van der Waals surface area (Å²) < 4.78 is 1.32. The number of hydrogen-bond acceptors (Lipinski definition) is 5. The number of hydrogen-bond donors (Lipinski definition) is 3. The summed E-state index contributed by atoms with van der Waals surface area (Å²) in [7, 11) is 0. The molecule has 180 valence electrons. The summed E-state index contributed by atoms with van der Waals surface area (Å²) in [5.74, 6) is -0.172. The molecule has 0 aliphatic carbocycles. The molecule has 1 aromatic carbocycles. The number of aromatic amines is 1. The number of H-pyrrole nitrogens is 1. The number of amides is 2. The van der Waals surface area contributed by atoms with Crippen molar-refractivity contribution in [2.24, 2.45) is 5.92 Å². The van der Waals surface area contributed by atoms with Crippen LogP contribution in [0.15, 0.2) is 39.9 Å². The molecule has 0 radical (unpaired) electrons. The zero-order valence-corrected chi connectivity index (χ0v) is 19.7. The molecule has 2 rings (SSSR count). The van der Waals surface area contributed by atoms with Crippen LogP contribution < -0.4 is 27.2 Å². The smallest absolute Gasteiger partial charge is 0.330 e. The first-order valence-electron chi connectivity index (χ1n) is 11.5. The number of nitrogens with two attached hydrogens (primary N) is 1. The van der Waals surface area contributed by atoms with E-state index in [9.17, 15) is 19.2 Å². The molecule has 0 spiro atoms. The zero-order valence-electron chi connectivity index (χ0n) is 19.7. The van der Waals surface area contributed by atoms with Gasteiger partial charge in [0.2, 0.25) is 5.91 Å². The van der Waals surface area contributed by atoms with E-state index in [-0.39, 0.29) is 29.7 Å². The maximum absolute atomic E-state index is 13.1. The first kappa shape index (κ1) is 25.9. The van der Waals surface area contributed by atoms with Crippen LogP contribution in [-0.4, -0.2) is 34.5 Å². The molecular formula is C24H35N5O4. The van der Waals surface area contributed by atoms with Gasteiger partial charge in [-0.15, -0.1) is 0 Å². The van der Waals surface area contributed by atoms with Gasteiger partial charge in [0.25, 0.3) is 11.5 Å². The Bertz CT molecular complexity index is 1040. The monoisotopic (exact) mass is 457 g/mol. The predicted molar refractivity (Wildman–Crippen MR) is 130 cm³/mol. The highest BCUT2D eigenvalue weighted by atomic mass is 16.2. The second-order valence-corrected chi connectivity index (χ2v) is 8.45. The van der Waals surface area contributed by atoms with Crippen molar-refractivity contribution >= 4 is 23.3 Å². The van der Waals surface area contributed by atoms with E-state index in [2.05, 4.69) is 10.3 Å². The molecule has 9 heteroatoms. The molecule has 9 nitrogen and oxygen atoms in total. The van der Waals surface area contributed by atoms with Gasteiger partial charge < -0.3 is 16.0 Å². The molecule has 0 saturated carbocycles. The molecule has 4 N–H and O–H groups in total.